The Morgan fingerprint density at radius 1 is 0.821 bits per heavy atom. The number of benzene rings is 3. The number of carbonyl (C=O) groups excluding carboxylic acids is 2. The van der Waals surface area contributed by atoms with Crippen LogP contribution < -0.4 is 23.7 Å². The molecule has 3 aromatic carbocycles. The van der Waals surface area contributed by atoms with Crippen LogP contribution in [0, 0.1) is 0 Å². The number of ether oxygens (including phenoxy) is 6. The second-order valence-corrected chi connectivity index (χ2v) is 8.12. The maximum Gasteiger partial charge on any atom is 0.363 e. The fourth-order valence-corrected chi connectivity index (χ4v) is 3.73. The van der Waals surface area contributed by atoms with Gasteiger partial charge in [-0.05, 0) is 87.0 Å². The largest absolute Gasteiger partial charge is 0.497 e. The van der Waals surface area contributed by atoms with Gasteiger partial charge in [-0.1, -0.05) is 6.07 Å². The maximum absolute atomic E-state index is 12.6. The van der Waals surface area contributed by atoms with Gasteiger partial charge in [-0.3, -0.25) is 0 Å². The Kier molecular flexibility index (Phi) is 8.83. The highest BCUT2D eigenvalue weighted by molar-refractivity contribution is 6.13. The number of cyclic esters (lactones) is 1. The monoisotopic (exact) mass is 531 g/mol. The summed E-state index contributed by atoms with van der Waals surface area (Å²) in [7, 11) is 1.55. The highest BCUT2D eigenvalue weighted by Crippen LogP contribution is 2.32. The van der Waals surface area contributed by atoms with E-state index in [9.17, 15) is 9.59 Å². The van der Waals surface area contributed by atoms with E-state index in [4.69, 9.17) is 28.4 Å². The lowest BCUT2D eigenvalue weighted by atomic mass is 10.1. The molecule has 0 unspecified atom stereocenters. The van der Waals surface area contributed by atoms with Gasteiger partial charge in [-0.2, -0.15) is 0 Å². The second kappa shape index (κ2) is 12.6. The summed E-state index contributed by atoms with van der Waals surface area (Å²) in [6, 6.07) is 16.8. The quantitative estimate of drug-likeness (QED) is 0.183. The van der Waals surface area contributed by atoms with Crippen molar-refractivity contribution in [3.63, 3.8) is 0 Å². The molecule has 3 aromatic rings. The molecule has 0 saturated heterocycles. The van der Waals surface area contributed by atoms with Crippen molar-refractivity contribution in [2.75, 3.05) is 26.9 Å². The predicted molar refractivity (Wildman–Crippen MR) is 145 cm³/mol. The zero-order valence-corrected chi connectivity index (χ0v) is 22.2. The number of rotatable bonds is 11. The molecular formula is C30H29NO8. The number of hydrogen-bond acceptors (Lipinski definition) is 9. The van der Waals surface area contributed by atoms with Crippen molar-refractivity contribution in [3.05, 3.63) is 83.1 Å². The summed E-state index contributed by atoms with van der Waals surface area (Å²) in [5.41, 5.74) is 1.67. The van der Waals surface area contributed by atoms with Crippen LogP contribution in [-0.2, 0) is 9.53 Å². The van der Waals surface area contributed by atoms with Gasteiger partial charge in [0, 0.05) is 5.56 Å². The standard InChI is InChI=1S/C30H29NO8/c1-5-35-24-15-11-21(18-27(24)37-7-3)28-31-23(30(33)39-28)16-19-8-14-25(26(17-19)36-6-2)38-29(32)20-9-12-22(34-4)13-10-20/h8-18H,5-7H2,1-4H3/b23-16-. The summed E-state index contributed by atoms with van der Waals surface area (Å²) in [5, 5.41) is 0. The normalized spacial score (nSPS) is 13.5. The van der Waals surface area contributed by atoms with Crippen LogP contribution in [0.2, 0.25) is 0 Å². The van der Waals surface area contributed by atoms with E-state index in [-0.39, 0.29) is 17.3 Å². The molecule has 0 fully saturated rings. The van der Waals surface area contributed by atoms with Crippen LogP contribution in [0.25, 0.3) is 6.08 Å². The molecule has 0 bridgehead atoms. The Morgan fingerprint density at radius 3 is 2.13 bits per heavy atom. The first-order chi connectivity index (χ1) is 18.9. The minimum absolute atomic E-state index is 0.113. The first kappa shape index (κ1) is 27.3. The van der Waals surface area contributed by atoms with Gasteiger partial charge in [0.15, 0.2) is 28.7 Å². The molecule has 0 spiro atoms. The Morgan fingerprint density at radius 2 is 1.46 bits per heavy atom. The molecular weight excluding hydrogens is 502 g/mol. The fraction of sp³-hybridized carbons (Fsp3) is 0.233. The minimum Gasteiger partial charge on any atom is -0.497 e. The maximum atomic E-state index is 12.6. The molecule has 0 aliphatic carbocycles. The zero-order chi connectivity index (χ0) is 27.8. The number of nitrogens with zero attached hydrogens (tertiary/aromatic N) is 1. The van der Waals surface area contributed by atoms with Crippen molar-refractivity contribution in [3.8, 4) is 28.7 Å². The minimum atomic E-state index is -0.593. The van der Waals surface area contributed by atoms with Gasteiger partial charge >= 0.3 is 11.9 Å². The summed E-state index contributed by atoms with van der Waals surface area (Å²) in [6.45, 7) is 6.87. The van der Waals surface area contributed by atoms with E-state index < -0.39 is 11.9 Å². The summed E-state index contributed by atoms with van der Waals surface area (Å²) >= 11 is 0. The average Bonchev–Trinajstić information content (AvgIpc) is 3.31. The van der Waals surface area contributed by atoms with Gasteiger partial charge in [-0.25, -0.2) is 14.6 Å². The Labute approximate surface area is 226 Å². The topological polar surface area (TPSA) is 102 Å². The molecule has 0 atom stereocenters. The van der Waals surface area contributed by atoms with Gasteiger partial charge in [0.25, 0.3) is 0 Å². The van der Waals surface area contributed by atoms with Crippen molar-refractivity contribution in [1.29, 1.82) is 0 Å². The molecule has 4 rings (SSSR count). The lowest BCUT2D eigenvalue weighted by Crippen LogP contribution is -2.09. The van der Waals surface area contributed by atoms with Crippen LogP contribution in [0.4, 0.5) is 0 Å². The number of esters is 2. The summed E-state index contributed by atoms with van der Waals surface area (Å²) in [6.07, 6.45) is 1.57. The SMILES string of the molecule is CCOc1ccc(C2=N/C(=C\c3ccc(OC(=O)c4ccc(OC)cc4)c(OCC)c3)C(=O)O2)cc1OCC. The van der Waals surface area contributed by atoms with Crippen LogP contribution in [0.5, 0.6) is 28.7 Å². The number of methoxy groups -OCH3 is 1. The smallest absolute Gasteiger partial charge is 0.363 e. The molecule has 9 heteroatoms. The summed E-state index contributed by atoms with van der Waals surface area (Å²) < 4.78 is 33.1. The molecule has 0 radical (unpaired) electrons. The van der Waals surface area contributed by atoms with E-state index in [0.717, 1.165) is 0 Å². The van der Waals surface area contributed by atoms with E-state index in [1.807, 2.05) is 20.8 Å². The molecule has 0 aromatic heterocycles. The molecule has 9 nitrogen and oxygen atoms in total. The Hall–Kier alpha value is -4.79. The van der Waals surface area contributed by atoms with Crippen molar-refractivity contribution < 1.29 is 38.0 Å². The lowest BCUT2D eigenvalue weighted by Gasteiger charge is -2.11. The van der Waals surface area contributed by atoms with Gasteiger partial charge in [0.1, 0.15) is 5.75 Å². The third-order valence-corrected chi connectivity index (χ3v) is 5.51. The second-order valence-electron chi connectivity index (χ2n) is 8.12. The zero-order valence-electron chi connectivity index (χ0n) is 22.2. The molecule has 1 aliphatic rings. The van der Waals surface area contributed by atoms with Gasteiger partial charge in [0.05, 0.1) is 32.5 Å². The molecule has 39 heavy (non-hydrogen) atoms. The number of aliphatic imine (C=N–C) groups is 1. The third-order valence-electron chi connectivity index (χ3n) is 5.51. The first-order valence-corrected chi connectivity index (χ1v) is 12.5. The Bertz CT molecular complexity index is 1410. The van der Waals surface area contributed by atoms with Crippen LogP contribution >= 0.6 is 0 Å². The van der Waals surface area contributed by atoms with Crippen LogP contribution in [0.1, 0.15) is 42.3 Å². The summed E-state index contributed by atoms with van der Waals surface area (Å²) in [4.78, 5) is 29.6. The van der Waals surface area contributed by atoms with Gasteiger partial charge in [-0.15, -0.1) is 0 Å². The summed E-state index contributed by atoms with van der Waals surface area (Å²) in [5.74, 6) is 1.38. The van der Waals surface area contributed by atoms with Crippen molar-refractivity contribution in [2.24, 2.45) is 4.99 Å². The molecule has 0 amide bonds. The van der Waals surface area contributed by atoms with Crippen LogP contribution in [0.15, 0.2) is 71.4 Å². The average molecular weight is 532 g/mol. The van der Waals surface area contributed by atoms with Gasteiger partial charge < -0.3 is 28.4 Å². The van der Waals surface area contributed by atoms with E-state index >= 15 is 0 Å². The molecule has 1 heterocycles. The van der Waals surface area contributed by atoms with E-state index in [0.29, 0.717) is 59.5 Å². The van der Waals surface area contributed by atoms with E-state index in [1.165, 1.54) is 0 Å². The lowest BCUT2D eigenvalue weighted by molar-refractivity contribution is -0.129. The van der Waals surface area contributed by atoms with E-state index in [1.54, 1.807) is 73.8 Å². The molecule has 202 valence electrons. The predicted octanol–water partition coefficient (Wildman–Crippen LogP) is 5.46. The van der Waals surface area contributed by atoms with Crippen molar-refractivity contribution in [2.45, 2.75) is 20.8 Å². The number of carbonyl (C=O) groups is 2. The molecule has 0 saturated carbocycles. The van der Waals surface area contributed by atoms with Crippen molar-refractivity contribution >= 4 is 23.9 Å². The first-order valence-electron chi connectivity index (χ1n) is 12.5. The van der Waals surface area contributed by atoms with Crippen LogP contribution in [-0.4, -0.2) is 44.8 Å². The highest BCUT2D eigenvalue weighted by Gasteiger charge is 2.25. The van der Waals surface area contributed by atoms with Gasteiger partial charge in [0.2, 0.25) is 5.90 Å². The number of hydrogen-bond donors (Lipinski definition) is 0. The van der Waals surface area contributed by atoms with Crippen molar-refractivity contribution in [1.82, 2.24) is 0 Å². The molecule has 1 aliphatic heterocycles. The van der Waals surface area contributed by atoms with E-state index in [2.05, 4.69) is 4.99 Å². The molecule has 0 N–H and O–H groups in total. The third kappa shape index (κ3) is 6.56. The Balaban J connectivity index is 1.57. The van der Waals surface area contributed by atoms with Crippen LogP contribution in [0.3, 0.4) is 0 Å². The fourth-order valence-electron chi connectivity index (χ4n) is 3.73. The highest BCUT2D eigenvalue weighted by atomic mass is 16.6.